The van der Waals surface area contributed by atoms with Crippen molar-refractivity contribution in [2.45, 2.75) is 69.6 Å². The van der Waals surface area contributed by atoms with E-state index >= 15 is 0 Å². The van der Waals surface area contributed by atoms with Crippen molar-refractivity contribution in [3.8, 4) is 28.9 Å². The number of likely N-dealkylation sites (tertiary alicyclic amines) is 3. The van der Waals surface area contributed by atoms with Gasteiger partial charge in [-0.25, -0.2) is 44.9 Å². The number of hydrogen-bond acceptors (Lipinski definition) is 20. The summed E-state index contributed by atoms with van der Waals surface area (Å²) in [5.74, 6) is 2.15. The van der Waals surface area contributed by atoms with Crippen LogP contribution >= 0.6 is 0 Å². The van der Waals surface area contributed by atoms with Gasteiger partial charge in [0.05, 0.1) is 59.3 Å². The summed E-state index contributed by atoms with van der Waals surface area (Å²) in [6.07, 6.45) is 15.5. The van der Waals surface area contributed by atoms with Gasteiger partial charge in [0.25, 0.3) is 47.8 Å². The number of nitrogens with zero attached hydrogens (tertiary/aromatic N) is 12. The number of ether oxygens (including phenoxy) is 3. The molecule has 15 rings (SSSR count). The molecule has 3 atom stereocenters. The lowest BCUT2D eigenvalue weighted by Crippen LogP contribution is -2.41. The van der Waals surface area contributed by atoms with Gasteiger partial charge in [0.15, 0.2) is 5.82 Å². The number of amides is 4. The highest BCUT2D eigenvalue weighted by Gasteiger charge is 2.33. The van der Waals surface area contributed by atoms with Gasteiger partial charge in [-0.2, -0.15) is 5.10 Å². The second kappa shape index (κ2) is 31.7. The molecule has 0 aliphatic carbocycles. The highest BCUT2D eigenvalue weighted by atomic mass is 32.2. The Labute approximate surface area is 618 Å². The smallest absolute Gasteiger partial charge is 0.259 e. The molecule has 3 fully saturated rings. The molecule has 0 unspecified atom stereocenters. The van der Waals surface area contributed by atoms with E-state index in [4.69, 9.17) is 31.4 Å². The molecule has 32 heteroatoms. The summed E-state index contributed by atoms with van der Waals surface area (Å²) >= 11 is 0. The van der Waals surface area contributed by atoms with Crippen molar-refractivity contribution in [2.75, 3.05) is 64.4 Å². The minimum Gasteiger partial charge on any atom is -0.492 e. The number of carbonyl (C=O) groups is 4. The number of aromatic nitrogens is 6. The second-order valence-corrected chi connectivity index (χ2v) is 32.2. The molecule has 107 heavy (non-hydrogen) atoms. The first-order valence-corrected chi connectivity index (χ1v) is 39.9. The number of sulfonamides is 3. The predicted octanol–water partition coefficient (Wildman–Crippen LogP) is 7.41. The third-order valence-electron chi connectivity index (χ3n) is 19.0. The fraction of sp³-hybridized carbons (Fsp3) is 0.320. The fourth-order valence-corrected chi connectivity index (χ4v) is 17.1. The van der Waals surface area contributed by atoms with Crippen molar-refractivity contribution in [1.29, 1.82) is 0 Å². The number of amidine groups is 3. The van der Waals surface area contributed by atoms with Crippen molar-refractivity contribution in [3.05, 3.63) is 215 Å². The van der Waals surface area contributed by atoms with Crippen LogP contribution < -0.4 is 36.7 Å². The van der Waals surface area contributed by atoms with E-state index in [9.17, 15) is 44.4 Å². The lowest BCUT2D eigenvalue weighted by molar-refractivity contribution is -0.118. The Hall–Kier alpha value is -11.4. The van der Waals surface area contributed by atoms with E-state index in [1.54, 1.807) is 139 Å². The largest absolute Gasteiger partial charge is 0.492 e. The predicted molar refractivity (Wildman–Crippen MR) is 402 cm³/mol. The molecular weight excluding hydrogens is 1430 g/mol. The Bertz CT molecular complexity index is 5340. The van der Waals surface area contributed by atoms with Crippen LogP contribution in [0, 0.1) is 23.7 Å². The average molecular weight is 1510 g/mol. The van der Waals surface area contributed by atoms with Crippen molar-refractivity contribution in [3.63, 3.8) is 0 Å². The highest BCUT2D eigenvalue weighted by molar-refractivity contribution is 7.90. The van der Waals surface area contributed by atoms with E-state index in [1.165, 1.54) is 6.20 Å². The van der Waals surface area contributed by atoms with Gasteiger partial charge in [0.1, 0.15) is 46.4 Å². The number of piperidine rings is 3. The molecule has 556 valence electrons. The third-order valence-corrected chi connectivity index (χ3v) is 22.5. The Balaban J connectivity index is 0.000000142. The van der Waals surface area contributed by atoms with E-state index in [-0.39, 0.29) is 82.1 Å². The summed E-state index contributed by atoms with van der Waals surface area (Å²) in [5.41, 5.74) is 23.8. The molecule has 6 aliphatic rings. The van der Waals surface area contributed by atoms with Crippen LogP contribution in [0.5, 0.6) is 17.2 Å². The van der Waals surface area contributed by atoms with Gasteiger partial charge in [-0.1, -0.05) is 68.4 Å². The first-order chi connectivity index (χ1) is 51.4. The van der Waals surface area contributed by atoms with Gasteiger partial charge in [0, 0.05) is 117 Å². The van der Waals surface area contributed by atoms with Gasteiger partial charge >= 0.3 is 0 Å². The second-order valence-electron chi connectivity index (χ2n) is 27.3. The van der Waals surface area contributed by atoms with E-state index in [0.717, 1.165) is 49.4 Å². The van der Waals surface area contributed by atoms with Crippen LogP contribution in [0.2, 0.25) is 0 Å². The fourth-order valence-electron chi connectivity index (χ4n) is 13.9. The van der Waals surface area contributed by atoms with E-state index < -0.39 is 30.1 Å². The van der Waals surface area contributed by atoms with E-state index in [1.807, 2.05) is 57.0 Å². The van der Waals surface area contributed by atoms with Gasteiger partial charge in [-0.3, -0.25) is 19.2 Å². The minimum atomic E-state index is -3.62. The topological polar surface area (TPSA) is 397 Å². The zero-order valence-electron chi connectivity index (χ0n) is 58.8. The average Bonchev–Trinajstić information content (AvgIpc) is 1.59. The van der Waals surface area contributed by atoms with Crippen LogP contribution in [0.25, 0.3) is 22.5 Å². The minimum absolute atomic E-state index is 0.0338. The molecule has 7 N–H and O–H groups in total. The van der Waals surface area contributed by atoms with Crippen molar-refractivity contribution in [2.24, 2.45) is 54.1 Å². The molecule has 9 aromatic rings. The summed E-state index contributed by atoms with van der Waals surface area (Å²) in [6, 6.07) is 37.8. The van der Waals surface area contributed by atoms with Crippen molar-refractivity contribution >= 4 is 87.9 Å². The molecule has 3 saturated heterocycles. The maximum absolute atomic E-state index is 13.5. The normalized spacial score (nSPS) is 18.9. The zero-order valence-corrected chi connectivity index (χ0v) is 61.2. The van der Waals surface area contributed by atoms with Gasteiger partial charge in [-0.15, -0.1) is 13.2 Å². The van der Waals surface area contributed by atoms with Crippen LogP contribution in [0.3, 0.4) is 0 Å². The monoisotopic (exact) mass is 1510 g/mol. The molecule has 5 aromatic heterocycles. The van der Waals surface area contributed by atoms with Crippen LogP contribution in [-0.2, 0) is 52.1 Å². The van der Waals surface area contributed by atoms with Crippen molar-refractivity contribution < 1.29 is 58.6 Å². The third kappa shape index (κ3) is 17.6. The van der Waals surface area contributed by atoms with Gasteiger partial charge < -0.3 is 56.0 Å². The van der Waals surface area contributed by atoms with Crippen LogP contribution in [0.1, 0.15) is 117 Å². The molecule has 4 amide bonds. The van der Waals surface area contributed by atoms with Crippen LogP contribution in [0.4, 0.5) is 5.82 Å². The Morgan fingerprint density at radius 1 is 0.486 bits per heavy atom. The standard InChI is InChI=1S/C28H27N5O4S.C24H29N5O5S.C23H24N6O4S/c29-27-26-22(18-38(35,36)31-27)7-3-9-24(26)37-17-19-5-4-13-32(16-19)28(34)21-10-12-30-25(15-21)33-14-11-20-6-1-2-8-23(20)33;1-15(2)23(30)27-20-11-17(8-9-26-20)24(31)29-10-4-5-16(12-29)13-34-19-7-3-6-18-14-35(32,33)28-22(25)21(18)19;24-22-21-18(15-34(31,32)27-22)5-1-6-19(21)33-14-16-4-2-10-28(13-16)23(30)17-7-9-25-20(12-17)29-11-3-8-26-29/h1-3,6-12,14-15,19H,4-5,13,16-18H2,(H2,29,31);3,6-9,11,15-16H,4-5,10,12-14H2,1-2H3,(H2,25,28)(H,26,27,30);1,3,5-9,11-12,16H,2,4,10,13-15H2,(H2,24,27)/t19-;2*16-/m000/s1. The number of carbonyl (C=O) groups excluding carboxylic acids is 4. The number of benzene rings is 4. The van der Waals surface area contributed by atoms with E-state index in [0.29, 0.717) is 144 Å². The molecule has 0 spiro atoms. The van der Waals surface area contributed by atoms with Crippen LogP contribution in [0.15, 0.2) is 178 Å². The summed E-state index contributed by atoms with van der Waals surface area (Å²) in [4.78, 5) is 70.2. The molecule has 29 nitrogen and oxygen atoms in total. The SMILES string of the molecule is CC(C)C(=O)Nc1cc(C(=O)N2CCC[C@H](COc3cccc4c3C(N)=NS(=O)(=O)C4)C2)ccn1.NC1=NS(=O)(=O)Cc2cccc(OC[C@H]3CCCN(C(=O)c4ccnc(-n5ccc6ccccc65)c4)C3)c21.NC1=NS(=O)(=O)Cc2cccc(OC[C@H]3CCCN(C(=O)c4ccnc(-n5cccn5)c4)C3)c21. The Morgan fingerprint density at radius 2 is 0.907 bits per heavy atom. The van der Waals surface area contributed by atoms with Gasteiger partial charge in [0.2, 0.25) is 5.91 Å². The molecule has 6 aliphatic heterocycles. The zero-order chi connectivity index (χ0) is 75.2. The number of hydrogen-bond donors (Lipinski definition) is 4. The lowest BCUT2D eigenvalue weighted by atomic mass is 9.98. The molecule has 4 aromatic carbocycles. The number of nitrogens with one attached hydrogen (secondary N) is 1. The Kier molecular flexibility index (Phi) is 21.9. The number of nitrogens with two attached hydrogens (primary N) is 3. The van der Waals surface area contributed by atoms with Crippen LogP contribution in [-0.4, -0.2) is 169 Å². The number of rotatable bonds is 16. The van der Waals surface area contributed by atoms with E-state index in [2.05, 4.69) is 38.6 Å². The number of anilines is 1. The number of fused-ring (bicyclic) bond motifs is 4. The first kappa shape index (κ1) is 73.9. The lowest BCUT2D eigenvalue weighted by Gasteiger charge is -2.33. The summed E-state index contributed by atoms with van der Waals surface area (Å²) in [5, 5.41) is 8.00. The summed E-state index contributed by atoms with van der Waals surface area (Å²) in [7, 11) is -10.8. The molecule has 0 saturated carbocycles. The molecular formula is C75H80N16O13S3. The summed E-state index contributed by atoms with van der Waals surface area (Å²) in [6.45, 7) is 8.32. The quantitative estimate of drug-likeness (QED) is 0.0731. The molecule has 0 radical (unpaired) electrons. The molecule has 11 heterocycles. The first-order valence-electron chi connectivity index (χ1n) is 35.0. The maximum Gasteiger partial charge on any atom is 0.259 e. The Morgan fingerprint density at radius 3 is 1.35 bits per heavy atom. The summed E-state index contributed by atoms with van der Waals surface area (Å²) < 4.78 is 104. The maximum atomic E-state index is 13.5. The number of para-hydroxylation sites is 1. The highest BCUT2D eigenvalue weighted by Crippen LogP contribution is 2.34. The number of pyridine rings is 3. The van der Waals surface area contributed by atoms with Crippen molar-refractivity contribution in [1.82, 2.24) is 44.0 Å². The molecule has 0 bridgehead atoms. The van der Waals surface area contributed by atoms with Gasteiger partial charge in [-0.05, 0) is 133 Å².